The van der Waals surface area contributed by atoms with E-state index in [2.05, 4.69) is 30.6 Å². The van der Waals surface area contributed by atoms with Gasteiger partial charge < -0.3 is 21.1 Å². The Morgan fingerprint density at radius 1 is 1.14 bits per heavy atom. The van der Waals surface area contributed by atoms with Crippen molar-refractivity contribution in [3.8, 4) is 5.88 Å². The van der Waals surface area contributed by atoms with E-state index in [9.17, 15) is 4.79 Å². The summed E-state index contributed by atoms with van der Waals surface area (Å²) in [7, 11) is 0. The SMILES string of the molecule is Nc1ncccc1NCc1cc(NC(=O)c2cnc(OCCCl)cn2)ccn1. The molecule has 3 aromatic heterocycles. The molecule has 0 fully saturated rings. The molecule has 4 N–H and O–H groups in total. The number of ether oxygens (including phenoxy) is 1. The Labute approximate surface area is 166 Å². The summed E-state index contributed by atoms with van der Waals surface area (Å²) in [5.41, 5.74) is 7.98. The second kappa shape index (κ2) is 9.47. The lowest BCUT2D eigenvalue weighted by atomic mass is 10.3. The minimum Gasteiger partial charge on any atom is -0.475 e. The van der Waals surface area contributed by atoms with Crippen molar-refractivity contribution in [2.24, 2.45) is 0 Å². The van der Waals surface area contributed by atoms with Crippen molar-refractivity contribution in [2.45, 2.75) is 6.54 Å². The second-order valence-corrected chi connectivity index (χ2v) is 5.94. The van der Waals surface area contributed by atoms with Gasteiger partial charge in [-0.15, -0.1) is 11.6 Å². The fourth-order valence-electron chi connectivity index (χ4n) is 2.25. The molecule has 0 aromatic carbocycles. The maximum absolute atomic E-state index is 12.3. The number of pyridine rings is 2. The molecule has 0 unspecified atom stereocenters. The molecule has 144 valence electrons. The zero-order chi connectivity index (χ0) is 19.8. The minimum absolute atomic E-state index is 0.165. The number of aromatic nitrogens is 4. The average molecular weight is 400 g/mol. The van der Waals surface area contributed by atoms with Gasteiger partial charge in [-0.05, 0) is 24.3 Å². The highest BCUT2D eigenvalue weighted by molar-refractivity contribution is 6.18. The first-order valence-corrected chi connectivity index (χ1v) is 8.90. The molecule has 0 spiro atoms. The highest BCUT2D eigenvalue weighted by Gasteiger charge is 2.10. The van der Waals surface area contributed by atoms with Crippen LogP contribution in [-0.4, -0.2) is 38.3 Å². The van der Waals surface area contributed by atoms with Gasteiger partial charge in [0, 0.05) is 18.1 Å². The molecule has 0 saturated heterocycles. The molecule has 0 atom stereocenters. The molecule has 1 amide bonds. The highest BCUT2D eigenvalue weighted by atomic mass is 35.5. The lowest BCUT2D eigenvalue weighted by molar-refractivity contribution is 0.102. The van der Waals surface area contributed by atoms with Gasteiger partial charge in [0.05, 0.1) is 36.2 Å². The highest BCUT2D eigenvalue weighted by Crippen LogP contribution is 2.16. The number of nitrogens with one attached hydrogen (secondary N) is 2. The lowest BCUT2D eigenvalue weighted by Gasteiger charge is -2.09. The van der Waals surface area contributed by atoms with Crippen LogP contribution in [0.5, 0.6) is 5.88 Å². The van der Waals surface area contributed by atoms with Gasteiger partial charge >= 0.3 is 0 Å². The molecule has 10 heteroatoms. The summed E-state index contributed by atoms with van der Waals surface area (Å²) >= 11 is 5.54. The van der Waals surface area contributed by atoms with E-state index >= 15 is 0 Å². The lowest BCUT2D eigenvalue weighted by Crippen LogP contribution is -2.15. The Morgan fingerprint density at radius 3 is 2.79 bits per heavy atom. The molecule has 0 radical (unpaired) electrons. The monoisotopic (exact) mass is 399 g/mol. The number of rotatable bonds is 8. The largest absolute Gasteiger partial charge is 0.475 e. The maximum atomic E-state index is 12.3. The van der Waals surface area contributed by atoms with Gasteiger partial charge in [0.2, 0.25) is 5.88 Å². The first-order valence-electron chi connectivity index (χ1n) is 8.37. The first kappa shape index (κ1) is 19.3. The molecule has 3 rings (SSSR count). The second-order valence-electron chi connectivity index (χ2n) is 5.56. The van der Waals surface area contributed by atoms with Crippen LogP contribution in [-0.2, 0) is 6.54 Å². The summed E-state index contributed by atoms with van der Waals surface area (Å²) in [6, 6.07) is 7.05. The van der Waals surface area contributed by atoms with Crippen LogP contribution >= 0.6 is 11.6 Å². The third kappa shape index (κ3) is 5.27. The van der Waals surface area contributed by atoms with Crippen molar-refractivity contribution >= 4 is 34.7 Å². The number of anilines is 3. The Hall–Kier alpha value is -3.46. The fourth-order valence-corrected chi connectivity index (χ4v) is 2.33. The van der Waals surface area contributed by atoms with Crippen molar-refractivity contribution in [3.05, 3.63) is 60.4 Å². The van der Waals surface area contributed by atoms with E-state index in [-0.39, 0.29) is 5.69 Å². The van der Waals surface area contributed by atoms with Gasteiger partial charge in [-0.1, -0.05) is 0 Å². The Kier molecular flexibility index (Phi) is 6.53. The van der Waals surface area contributed by atoms with Crippen molar-refractivity contribution < 1.29 is 9.53 Å². The van der Waals surface area contributed by atoms with E-state index in [0.717, 1.165) is 5.69 Å². The van der Waals surface area contributed by atoms with Gasteiger partial charge in [0.1, 0.15) is 18.1 Å². The predicted molar refractivity (Wildman–Crippen MR) is 106 cm³/mol. The smallest absolute Gasteiger partial charge is 0.275 e. The normalized spacial score (nSPS) is 10.3. The Bertz CT molecular complexity index is 937. The molecule has 28 heavy (non-hydrogen) atoms. The van der Waals surface area contributed by atoms with Crippen LogP contribution in [0.4, 0.5) is 17.2 Å². The van der Waals surface area contributed by atoms with Crippen LogP contribution in [0.2, 0.25) is 0 Å². The summed E-state index contributed by atoms with van der Waals surface area (Å²) in [5.74, 6) is 0.669. The van der Waals surface area contributed by atoms with Gasteiger partial charge in [-0.25, -0.2) is 15.0 Å². The molecular weight excluding hydrogens is 382 g/mol. The van der Waals surface area contributed by atoms with E-state index in [1.54, 1.807) is 30.6 Å². The first-order chi connectivity index (χ1) is 13.7. The fraction of sp³-hybridized carbons (Fsp3) is 0.167. The number of carbonyl (C=O) groups is 1. The molecule has 3 aromatic rings. The average Bonchev–Trinajstić information content (AvgIpc) is 2.72. The molecule has 0 aliphatic heterocycles. The summed E-state index contributed by atoms with van der Waals surface area (Å²) in [6.07, 6.45) is 5.94. The van der Waals surface area contributed by atoms with Crippen LogP contribution in [0.25, 0.3) is 0 Å². The van der Waals surface area contributed by atoms with E-state index < -0.39 is 5.91 Å². The van der Waals surface area contributed by atoms with E-state index in [1.165, 1.54) is 12.4 Å². The van der Waals surface area contributed by atoms with Crippen molar-refractivity contribution in [1.29, 1.82) is 0 Å². The topological polar surface area (TPSA) is 128 Å². The van der Waals surface area contributed by atoms with Crippen LogP contribution in [0.3, 0.4) is 0 Å². The quantitative estimate of drug-likeness (QED) is 0.492. The molecule has 9 nitrogen and oxygen atoms in total. The van der Waals surface area contributed by atoms with Gasteiger partial charge in [-0.2, -0.15) is 0 Å². The standard InChI is InChI=1S/C18H18ClN7O2/c19-4-7-28-16-11-24-15(10-25-16)18(27)26-12-3-6-21-13(8-12)9-23-14-2-1-5-22-17(14)20/h1-3,5-6,8,10-11,23H,4,7,9H2,(H2,20,22)(H,21,26,27). The molecule has 0 aliphatic carbocycles. The number of nitrogens with zero attached hydrogens (tertiary/aromatic N) is 4. The van der Waals surface area contributed by atoms with E-state index in [0.29, 0.717) is 42.1 Å². The van der Waals surface area contributed by atoms with Crippen molar-refractivity contribution in [3.63, 3.8) is 0 Å². The predicted octanol–water partition coefficient (Wildman–Crippen LogP) is 2.33. The third-order valence-corrected chi connectivity index (χ3v) is 3.72. The van der Waals surface area contributed by atoms with Crippen LogP contribution < -0.4 is 21.1 Å². The number of nitrogen functional groups attached to an aromatic ring is 1. The summed E-state index contributed by atoms with van der Waals surface area (Å²) in [5, 5.41) is 5.92. The number of carbonyl (C=O) groups excluding carboxylic acids is 1. The number of hydrogen-bond acceptors (Lipinski definition) is 8. The van der Waals surface area contributed by atoms with Gasteiger partial charge in [0.25, 0.3) is 5.91 Å². The molecule has 0 bridgehead atoms. The van der Waals surface area contributed by atoms with E-state index in [1.807, 2.05) is 6.07 Å². The number of nitrogens with two attached hydrogens (primary N) is 1. The van der Waals surface area contributed by atoms with Gasteiger partial charge in [0.15, 0.2) is 0 Å². The molecule has 0 saturated carbocycles. The number of alkyl halides is 1. The molecule has 0 aliphatic rings. The number of amides is 1. The number of hydrogen-bond donors (Lipinski definition) is 3. The van der Waals surface area contributed by atoms with Crippen molar-refractivity contribution in [2.75, 3.05) is 28.9 Å². The van der Waals surface area contributed by atoms with Crippen LogP contribution in [0.15, 0.2) is 49.1 Å². The van der Waals surface area contributed by atoms with Crippen molar-refractivity contribution in [1.82, 2.24) is 19.9 Å². The Morgan fingerprint density at radius 2 is 2.04 bits per heavy atom. The third-order valence-electron chi connectivity index (χ3n) is 3.56. The molecular formula is C18H18ClN7O2. The zero-order valence-corrected chi connectivity index (χ0v) is 15.6. The molecule has 3 heterocycles. The number of halogens is 1. The zero-order valence-electron chi connectivity index (χ0n) is 14.8. The summed E-state index contributed by atoms with van der Waals surface area (Å²) < 4.78 is 5.23. The van der Waals surface area contributed by atoms with E-state index in [4.69, 9.17) is 22.1 Å². The Balaban J connectivity index is 1.60. The summed E-state index contributed by atoms with van der Waals surface area (Å²) in [4.78, 5) is 28.7. The summed E-state index contributed by atoms with van der Waals surface area (Å²) in [6.45, 7) is 0.742. The van der Waals surface area contributed by atoms with Crippen LogP contribution in [0.1, 0.15) is 16.2 Å². The minimum atomic E-state index is -0.391. The maximum Gasteiger partial charge on any atom is 0.275 e. The van der Waals surface area contributed by atoms with Crippen LogP contribution in [0, 0.1) is 0 Å². The van der Waals surface area contributed by atoms with Gasteiger partial charge in [-0.3, -0.25) is 9.78 Å².